The molecule has 1 aromatic carbocycles. The standard InChI is InChI=1S/C17H26N2O3/c1-13(11-17(20)19-9-7-18(2)8-10-19)15-6-5-14(21-3)12-16(15)22-4/h5-6,12-13H,7-11H2,1-4H3. The number of nitrogens with zero attached hydrogens (tertiary/aromatic N) is 2. The average molecular weight is 306 g/mol. The van der Waals surface area contributed by atoms with E-state index in [-0.39, 0.29) is 11.8 Å². The molecule has 122 valence electrons. The summed E-state index contributed by atoms with van der Waals surface area (Å²) in [7, 11) is 5.37. The molecule has 1 aliphatic heterocycles. The van der Waals surface area contributed by atoms with E-state index in [0.29, 0.717) is 6.42 Å². The van der Waals surface area contributed by atoms with Crippen molar-refractivity contribution < 1.29 is 14.3 Å². The minimum absolute atomic E-state index is 0.119. The van der Waals surface area contributed by atoms with E-state index in [0.717, 1.165) is 43.2 Å². The number of carbonyl (C=O) groups is 1. The second kappa shape index (κ2) is 7.49. The van der Waals surface area contributed by atoms with E-state index in [4.69, 9.17) is 9.47 Å². The molecule has 1 aliphatic rings. The third-order valence-corrected chi connectivity index (χ3v) is 4.31. The smallest absolute Gasteiger partial charge is 0.223 e. The van der Waals surface area contributed by atoms with Crippen molar-refractivity contribution in [2.45, 2.75) is 19.3 Å². The highest BCUT2D eigenvalue weighted by molar-refractivity contribution is 5.77. The van der Waals surface area contributed by atoms with E-state index in [1.165, 1.54) is 0 Å². The van der Waals surface area contributed by atoms with Gasteiger partial charge in [0.15, 0.2) is 0 Å². The van der Waals surface area contributed by atoms with Gasteiger partial charge in [-0.1, -0.05) is 13.0 Å². The minimum Gasteiger partial charge on any atom is -0.497 e. The van der Waals surface area contributed by atoms with Gasteiger partial charge >= 0.3 is 0 Å². The Labute approximate surface area is 132 Å². The molecule has 1 fully saturated rings. The van der Waals surface area contributed by atoms with Gasteiger partial charge in [0.25, 0.3) is 0 Å². The van der Waals surface area contributed by atoms with Crippen LogP contribution in [0.25, 0.3) is 0 Å². The van der Waals surface area contributed by atoms with Crippen molar-refractivity contribution in [3.63, 3.8) is 0 Å². The topological polar surface area (TPSA) is 42.0 Å². The molecule has 0 saturated carbocycles. The molecule has 1 heterocycles. The molecule has 1 saturated heterocycles. The van der Waals surface area contributed by atoms with E-state index in [2.05, 4.69) is 18.9 Å². The van der Waals surface area contributed by atoms with Gasteiger partial charge in [0, 0.05) is 38.7 Å². The molecule has 0 aromatic heterocycles. The molecular weight excluding hydrogens is 280 g/mol. The van der Waals surface area contributed by atoms with Crippen molar-refractivity contribution in [2.75, 3.05) is 47.4 Å². The lowest BCUT2D eigenvalue weighted by Gasteiger charge is -2.33. The Bertz CT molecular complexity index is 511. The molecule has 0 aliphatic carbocycles. The third-order valence-electron chi connectivity index (χ3n) is 4.31. The SMILES string of the molecule is COc1ccc(C(C)CC(=O)N2CCN(C)CC2)c(OC)c1. The minimum atomic E-state index is 0.119. The Morgan fingerprint density at radius 3 is 2.45 bits per heavy atom. The Balaban J connectivity index is 2.02. The van der Waals surface area contributed by atoms with Crippen molar-refractivity contribution in [1.29, 1.82) is 0 Å². The maximum absolute atomic E-state index is 12.5. The predicted molar refractivity (Wildman–Crippen MR) is 86.7 cm³/mol. The summed E-state index contributed by atoms with van der Waals surface area (Å²) in [5, 5.41) is 0. The molecule has 0 spiro atoms. The molecule has 5 heteroatoms. The Kier molecular flexibility index (Phi) is 5.66. The lowest BCUT2D eigenvalue weighted by molar-refractivity contribution is -0.133. The molecule has 1 unspecified atom stereocenters. The van der Waals surface area contributed by atoms with Gasteiger partial charge in [0.05, 0.1) is 14.2 Å². The average Bonchev–Trinajstić information content (AvgIpc) is 2.54. The molecule has 1 aromatic rings. The van der Waals surface area contributed by atoms with Crippen LogP contribution in [0, 0.1) is 0 Å². The molecule has 22 heavy (non-hydrogen) atoms. The zero-order valence-electron chi connectivity index (χ0n) is 14.0. The zero-order valence-corrected chi connectivity index (χ0v) is 14.0. The molecular formula is C17H26N2O3. The highest BCUT2D eigenvalue weighted by atomic mass is 16.5. The fraction of sp³-hybridized carbons (Fsp3) is 0.588. The number of piperazine rings is 1. The number of benzene rings is 1. The molecule has 1 atom stereocenters. The number of likely N-dealkylation sites (N-methyl/N-ethyl adjacent to an activating group) is 1. The summed E-state index contributed by atoms with van der Waals surface area (Å²) in [6.45, 7) is 5.61. The maximum Gasteiger partial charge on any atom is 0.223 e. The number of ether oxygens (including phenoxy) is 2. The van der Waals surface area contributed by atoms with Crippen LogP contribution in [-0.4, -0.2) is 63.2 Å². The van der Waals surface area contributed by atoms with Gasteiger partial charge in [-0.3, -0.25) is 4.79 Å². The van der Waals surface area contributed by atoms with E-state index < -0.39 is 0 Å². The summed E-state index contributed by atoms with van der Waals surface area (Å²) in [6.07, 6.45) is 0.506. The van der Waals surface area contributed by atoms with Crippen LogP contribution in [-0.2, 0) is 4.79 Å². The highest BCUT2D eigenvalue weighted by Gasteiger charge is 2.22. The van der Waals surface area contributed by atoms with Crippen molar-refractivity contribution >= 4 is 5.91 Å². The maximum atomic E-state index is 12.5. The summed E-state index contributed by atoms with van der Waals surface area (Å²) < 4.78 is 10.7. The first kappa shape index (κ1) is 16.6. The van der Waals surface area contributed by atoms with Gasteiger partial charge in [-0.05, 0) is 24.6 Å². The van der Waals surface area contributed by atoms with E-state index in [1.54, 1.807) is 14.2 Å². The van der Waals surface area contributed by atoms with Crippen molar-refractivity contribution in [3.05, 3.63) is 23.8 Å². The Morgan fingerprint density at radius 2 is 1.86 bits per heavy atom. The third kappa shape index (κ3) is 3.91. The van der Waals surface area contributed by atoms with Crippen molar-refractivity contribution in [2.24, 2.45) is 0 Å². The highest BCUT2D eigenvalue weighted by Crippen LogP contribution is 2.32. The molecule has 0 radical (unpaired) electrons. The summed E-state index contributed by atoms with van der Waals surface area (Å²) in [5.74, 6) is 1.88. The van der Waals surface area contributed by atoms with Crippen molar-refractivity contribution in [3.8, 4) is 11.5 Å². The molecule has 2 rings (SSSR count). The van der Waals surface area contributed by atoms with Gasteiger partial charge in [-0.15, -0.1) is 0 Å². The summed E-state index contributed by atoms with van der Waals surface area (Å²) in [5.41, 5.74) is 1.05. The fourth-order valence-electron chi connectivity index (χ4n) is 2.78. The number of hydrogen-bond donors (Lipinski definition) is 0. The number of hydrogen-bond acceptors (Lipinski definition) is 4. The zero-order chi connectivity index (χ0) is 16.1. The second-order valence-corrected chi connectivity index (χ2v) is 5.90. The van der Waals surface area contributed by atoms with Gasteiger partial charge in [0.1, 0.15) is 11.5 Å². The van der Waals surface area contributed by atoms with Crippen molar-refractivity contribution in [1.82, 2.24) is 9.80 Å². The van der Waals surface area contributed by atoms with Crippen LogP contribution < -0.4 is 9.47 Å². The lowest BCUT2D eigenvalue weighted by Crippen LogP contribution is -2.47. The Hall–Kier alpha value is -1.75. The van der Waals surface area contributed by atoms with E-state index >= 15 is 0 Å². The molecule has 1 amide bonds. The van der Waals surface area contributed by atoms with E-state index in [9.17, 15) is 4.79 Å². The van der Waals surface area contributed by atoms with Crippen LogP contribution in [0.2, 0.25) is 0 Å². The van der Waals surface area contributed by atoms with Crippen LogP contribution in [0.5, 0.6) is 11.5 Å². The second-order valence-electron chi connectivity index (χ2n) is 5.90. The number of amides is 1. The summed E-state index contributed by atoms with van der Waals surface area (Å²) in [4.78, 5) is 16.7. The van der Waals surface area contributed by atoms with Crippen LogP contribution >= 0.6 is 0 Å². The number of rotatable bonds is 5. The predicted octanol–water partition coefficient (Wildman–Crippen LogP) is 1.97. The number of carbonyl (C=O) groups excluding carboxylic acids is 1. The first-order chi connectivity index (χ1) is 10.5. The van der Waals surface area contributed by atoms with Crippen LogP contribution in [0.3, 0.4) is 0 Å². The molecule has 0 N–H and O–H groups in total. The molecule has 0 bridgehead atoms. The first-order valence-electron chi connectivity index (χ1n) is 7.73. The lowest BCUT2D eigenvalue weighted by atomic mass is 9.96. The van der Waals surface area contributed by atoms with Gasteiger partial charge < -0.3 is 19.3 Å². The van der Waals surface area contributed by atoms with Crippen LogP contribution in [0.4, 0.5) is 0 Å². The normalized spacial score (nSPS) is 17.2. The molecule has 5 nitrogen and oxygen atoms in total. The van der Waals surface area contributed by atoms with Crippen LogP contribution in [0.1, 0.15) is 24.8 Å². The van der Waals surface area contributed by atoms with E-state index in [1.807, 2.05) is 23.1 Å². The monoisotopic (exact) mass is 306 g/mol. The Morgan fingerprint density at radius 1 is 1.18 bits per heavy atom. The first-order valence-corrected chi connectivity index (χ1v) is 7.73. The number of methoxy groups -OCH3 is 2. The van der Waals surface area contributed by atoms with Crippen LogP contribution in [0.15, 0.2) is 18.2 Å². The van der Waals surface area contributed by atoms with Gasteiger partial charge in [-0.25, -0.2) is 0 Å². The quantitative estimate of drug-likeness (QED) is 0.834. The summed E-state index contributed by atoms with van der Waals surface area (Å²) in [6, 6.07) is 5.76. The van der Waals surface area contributed by atoms with Gasteiger partial charge in [-0.2, -0.15) is 0 Å². The largest absolute Gasteiger partial charge is 0.497 e. The van der Waals surface area contributed by atoms with Gasteiger partial charge in [0.2, 0.25) is 5.91 Å². The summed E-state index contributed by atoms with van der Waals surface area (Å²) >= 11 is 0. The fourth-order valence-corrected chi connectivity index (χ4v) is 2.78.